The zero-order valence-electron chi connectivity index (χ0n) is 43.5. The van der Waals surface area contributed by atoms with E-state index in [-0.39, 0.29) is 103 Å². The maximum Gasteiger partial charge on any atom is 0.333 e. The van der Waals surface area contributed by atoms with Gasteiger partial charge in [0.25, 0.3) is 0 Å². The van der Waals surface area contributed by atoms with Crippen LogP contribution in [0.4, 0.5) is 0 Å². The molecule has 13 atom stereocenters. The van der Waals surface area contributed by atoms with Crippen LogP contribution in [0, 0.1) is 76.9 Å². The van der Waals surface area contributed by atoms with Gasteiger partial charge in [0.15, 0.2) is 0 Å². The summed E-state index contributed by atoms with van der Waals surface area (Å²) in [7, 11) is 0. The fourth-order valence-corrected chi connectivity index (χ4v) is 16.3. The highest BCUT2D eigenvalue weighted by molar-refractivity contribution is 5.87. The Hall–Kier alpha value is -4.57. The highest BCUT2D eigenvalue weighted by Crippen LogP contribution is 2.61. The smallest absolute Gasteiger partial charge is 0.333 e. The number of fused-ring (bicyclic) bond motifs is 2. The summed E-state index contributed by atoms with van der Waals surface area (Å²) in [6, 6.07) is 0. The molecule has 0 aromatic rings. The Kier molecular flexibility index (Phi) is 15.2. The van der Waals surface area contributed by atoms with E-state index in [4.69, 9.17) is 37.9 Å². The lowest BCUT2D eigenvalue weighted by Crippen LogP contribution is -2.60. The lowest BCUT2D eigenvalue weighted by atomic mass is 9.50. The van der Waals surface area contributed by atoms with Crippen molar-refractivity contribution in [3.63, 3.8) is 0 Å². The van der Waals surface area contributed by atoms with Crippen molar-refractivity contribution in [1.82, 2.24) is 0 Å². The van der Waals surface area contributed by atoms with Crippen LogP contribution in [0.1, 0.15) is 137 Å². The highest BCUT2D eigenvalue weighted by Gasteiger charge is 2.65. The molecule has 0 amide bonds. The minimum absolute atomic E-state index is 0.0676. The molecule has 12 aliphatic carbocycles. The molecule has 2 saturated heterocycles. The first-order valence-electron chi connectivity index (χ1n) is 27.3. The van der Waals surface area contributed by atoms with Crippen molar-refractivity contribution in [3.05, 3.63) is 37.0 Å². The number of hydrogen-bond acceptors (Lipinski definition) is 16. The molecular formula is C57H78O16. The number of aliphatic hydroxyl groups is 1. The van der Waals surface area contributed by atoms with E-state index in [0.717, 1.165) is 75.7 Å². The van der Waals surface area contributed by atoms with Crippen molar-refractivity contribution < 1.29 is 76.6 Å². The molecule has 12 saturated carbocycles. The summed E-state index contributed by atoms with van der Waals surface area (Å²) in [6.45, 7) is 19.9. The molecule has 0 radical (unpaired) electrons. The van der Waals surface area contributed by atoms with Gasteiger partial charge in [-0.1, -0.05) is 33.6 Å². The molecule has 14 aliphatic rings. The third-order valence-electron chi connectivity index (χ3n) is 19.3. The van der Waals surface area contributed by atoms with Gasteiger partial charge < -0.3 is 43.0 Å². The zero-order valence-corrected chi connectivity index (χ0v) is 43.5. The summed E-state index contributed by atoms with van der Waals surface area (Å²) in [4.78, 5) is 81.0. The molecule has 0 spiro atoms. The van der Waals surface area contributed by atoms with Crippen LogP contribution in [0.25, 0.3) is 0 Å². The van der Waals surface area contributed by atoms with Crippen molar-refractivity contribution in [1.29, 1.82) is 0 Å². The standard InChI is InChI=1S/C19H28O5.C14H20O3.C13H18O4.C11H12O4/c1-12(2)18(21)23-5-4-22-11-17(20)24-19(3)15-7-13-6-14(9-15)10-16(19)8-13;1-9(2)12(15)17-14-6-10-3-11(7-14)5-13(16,4-10)8-14;1-3-6(2)12(14)16-10-7-4-8-9(5-7)13(15)17-11(8)10;1-2-8(12)14-9-5-3-6-7(4-5)11(13)15-10(6)9/h13-16H,1,4-11H2,2-3H3;10-11,16H,1,3-8H2,2H3;6-11H,3-5H2,1-2H3;2,5-7,9-10H,1,3-4H2. The Morgan fingerprint density at radius 1 is 0.712 bits per heavy atom. The normalized spacial score (nSPS) is 42.4. The summed E-state index contributed by atoms with van der Waals surface area (Å²) in [5.41, 5.74) is -0.480. The molecule has 12 bridgehead atoms. The summed E-state index contributed by atoms with van der Waals surface area (Å²) in [5.74, 6) is 3.31. The summed E-state index contributed by atoms with van der Waals surface area (Å²) >= 11 is 0. The van der Waals surface area contributed by atoms with Crippen LogP contribution in [0.5, 0.6) is 0 Å². The number of ether oxygens (including phenoxy) is 8. The van der Waals surface area contributed by atoms with Crippen LogP contribution in [0.15, 0.2) is 37.0 Å². The number of esters is 7. The van der Waals surface area contributed by atoms with Gasteiger partial charge in [0, 0.05) is 47.3 Å². The Morgan fingerprint density at radius 3 is 1.73 bits per heavy atom. The van der Waals surface area contributed by atoms with Gasteiger partial charge in [0.05, 0.1) is 30.0 Å². The van der Waals surface area contributed by atoms with Crippen molar-refractivity contribution in [3.8, 4) is 0 Å². The van der Waals surface area contributed by atoms with Crippen LogP contribution >= 0.6 is 0 Å². The maximum absolute atomic E-state index is 12.2. The van der Waals surface area contributed by atoms with Gasteiger partial charge in [-0.15, -0.1) is 0 Å². The summed E-state index contributed by atoms with van der Waals surface area (Å²) in [6.07, 6.45) is 16.5. The van der Waals surface area contributed by atoms with E-state index >= 15 is 0 Å². The minimum Gasteiger partial charge on any atom is -0.460 e. The van der Waals surface area contributed by atoms with Crippen LogP contribution < -0.4 is 0 Å². The number of rotatable bonds is 14. The molecular weight excluding hydrogens is 941 g/mol. The predicted octanol–water partition coefficient (Wildman–Crippen LogP) is 7.26. The van der Waals surface area contributed by atoms with Gasteiger partial charge in [-0.2, -0.15) is 0 Å². The first-order valence-corrected chi connectivity index (χ1v) is 27.3. The zero-order chi connectivity index (χ0) is 52.3. The Bertz CT molecular complexity index is 2190. The second kappa shape index (κ2) is 20.9. The van der Waals surface area contributed by atoms with Crippen molar-refractivity contribution >= 4 is 41.8 Å². The third kappa shape index (κ3) is 10.8. The van der Waals surface area contributed by atoms with Gasteiger partial charge in [-0.25, -0.2) is 19.2 Å². The first-order chi connectivity index (χ1) is 34.6. The SMILES string of the molecule is C=C(C)C(=O)OC12CC3CC(CC(O)(C3)C1)C2.C=C(C)C(=O)OCCOCC(=O)OC1(C)C2CC3CC(C2)CC1C3.C=CC(=O)OC1C2CC3C(=O)OC1C3C2.CCC(C)C(=O)OC1C2CC3C(=O)OC1C3C2. The van der Waals surface area contributed by atoms with E-state index in [0.29, 0.717) is 59.0 Å². The van der Waals surface area contributed by atoms with Gasteiger partial charge in [-0.3, -0.25) is 14.4 Å². The molecule has 0 aromatic carbocycles. The van der Waals surface area contributed by atoms with E-state index in [2.05, 4.69) is 26.7 Å². The van der Waals surface area contributed by atoms with Crippen LogP contribution in [-0.2, 0) is 71.5 Å². The van der Waals surface area contributed by atoms with Crippen molar-refractivity contribution in [2.45, 2.75) is 179 Å². The molecule has 16 heteroatoms. The third-order valence-corrected chi connectivity index (χ3v) is 19.3. The molecule has 73 heavy (non-hydrogen) atoms. The molecule has 16 nitrogen and oxygen atoms in total. The largest absolute Gasteiger partial charge is 0.460 e. The first kappa shape index (κ1) is 53.3. The van der Waals surface area contributed by atoms with Crippen molar-refractivity contribution in [2.24, 2.45) is 76.9 Å². The van der Waals surface area contributed by atoms with Crippen LogP contribution in [0.2, 0.25) is 0 Å². The van der Waals surface area contributed by atoms with Gasteiger partial charge in [-0.05, 0) is 153 Å². The molecule has 14 fully saturated rings. The van der Waals surface area contributed by atoms with Crippen molar-refractivity contribution in [2.75, 3.05) is 19.8 Å². The molecule has 1 N–H and O–H groups in total. The second-order valence-corrected chi connectivity index (χ2v) is 24.6. The fraction of sp³-hybridized carbons (Fsp3) is 0.772. The van der Waals surface area contributed by atoms with Gasteiger partial charge in [0.1, 0.15) is 48.8 Å². The molecule has 2 heterocycles. The average molecular weight is 1020 g/mol. The van der Waals surface area contributed by atoms with Gasteiger partial charge >= 0.3 is 41.8 Å². The lowest BCUT2D eigenvalue weighted by molar-refractivity contribution is -0.217. The quantitative estimate of drug-likeness (QED) is 0.0785. The fourth-order valence-electron chi connectivity index (χ4n) is 16.3. The maximum atomic E-state index is 12.2. The second-order valence-electron chi connectivity index (χ2n) is 24.6. The predicted molar refractivity (Wildman–Crippen MR) is 260 cm³/mol. The number of carbonyl (C=O) groups is 7. The van der Waals surface area contributed by atoms with E-state index in [1.807, 2.05) is 13.8 Å². The number of hydrogen-bond donors (Lipinski definition) is 1. The minimum atomic E-state index is -0.570. The Labute approximate surface area is 429 Å². The highest BCUT2D eigenvalue weighted by atomic mass is 16.6. The lowest BCUT2D eigenvalue weighted by Gasteiger charge is -2.59. The monoisotopic (exact) mass is 1020 g/mol. The van der Waals surface area contributed by atoms with Crippen LogP contribution in [-0.4, -0.2) is 108 Å². The Morgan fingerprint density at radius 2 is 1.23 bits per heavy atom. The molecule has 0 aromatic heterocycles. The molecule has 402 valence electrons. The van der Waals surface area contributed by atoms with Gasteiger partial charge in [0.2, 0.25) is 0 Å². The summed E-state index contributed by atoms with van der Waals surface area (Å²) in [5, 5.41) is 10.5. The van der Waals surface area contributed by atoms with Crippen LogP contribution in [0.3, 0.4) is 0 Å². The molecule has 14 rings (SSSR count). The van der Waals surface area contributed by atoms with E-state index in [1.54, 1.807) is 13.8 Å². The molecule has 13 unspecified atom stereocenters. The average Bonchev–Trinajstić information content (AvgIpc) is 4.16. The summed E-state index contributed by atoms with van der Waals surface area (Å²) < 4.78 is 43.2. The van der Waals surface area contributed by atoms with E-state index in [9.17, 15) is 38.7 Å². The topological polar surface area (TPSA) is 214 Å². The number of carbonyl (C=O) groups excluding carboxylic acids is 7. The Balaban J connectivity index is 0.000000122. The van der Waals surface area contributed by atoms with E-state index < -0.39 is 23.1 Å². The molecule has 2 aliphatic heterocycles. The van der Waals surface area contributed by atoms with E-state index in [1.165, 1.54) is 38.5 Å².